The summed E-state index contributed by atoms with van der Waals surface area (Å²) in [4.78, 5) is 0. The first-order chi connectivity index (χ1) is 4.66. The smallest absolute Gasteiger partial charge is 0.296 e. The molecule has 2 rings (SSSR count). The second-order valence-corrected chi connectivity index (χ2v) is 4.81. The zero-order chi connectivity index (χ0) is 7.24. The highest BCUT2D eigenvalue weighted by Gasteiger charge is 2.59. The Hall–Kier alpha value is 0.610. The molecule has 0 aliphatic carbocycles. The Morgan fingerprint density at radius 1 is 1.20 bits per heavy atom. The minimum atomic E-state index is -1.27. The zero-order valence-electron chi connectivity index (χ0n) is 5.47. The standard InChI is InChI=1S/C6H9IO3/c7-5-1-3-9-6(5,8)10-4-2-5/h8H,1-4H2. The predicted molar refractivity (Wildman–Crippen MR) is 42.8 cm³/mol. The zero-order valence-corrected chi connectivity index (χ0v) is 7.63. The van der Waals surface area contributed by atoms with Crippen molar-refractivity contribution >= 4 is 22.6 Å². The van der Waals surface area contributed by atoms with Crippen molar-refractivity contribution in [1.82, 2.24) is 0 Å². The maximum Gasteiger partial charge on any atom is 0.296 e. The Balaban J connectivity index is 2.30. The minimum absolute atomic E-state index is 0.176. The van der Waals surface area contributed by atoms with E-state index in [1.54, 1.807) is 0 Å². The van der Waals surface area contributed by atoms with Crippen molar-refractivity contribution < 1.29 is 14.6 Å². The van der Waals surface area contributed by atoms with Gasteiger partial charge in [0.2, 0.25) is 0 Å². The van der Waals surface area contributed by atoms with Crippen molar-refractivity contribution in [3.05, 3.63) is 0 Å². The molecule has 0 unspecified atom stereocenters. The number of halogens is 1. The van der Waals surface area contributed by atoms with Crippen molar-refractivity contribution in [3.8, 4) is 0 Å². The Morgan fingerprint density at radius 3 is 2.10 bits per heavy atom. The van der Waals surface area contributed by atoms with Gasteiger partial charge in [-0.3, -0.25) is 0 Å². The molecule has 0 aromatic carbocycles. The van der Waals surface area contributed by atoms with E-state index in [2.05, 4.69) is 22.6 Å². The first kappa shape index (κ1) is 7.27. The van der Waals surface area contributed by atoms with E-state index in [0.29, 0.717) is 13.2 Å². The van der Waals surface area contributed by atoms with Crippen molar-refractivity contribution in [2.45, 2.75) is 22.2 Å². The molecule has 2 fully saturated rings. The number of ether oxygens (including phenoxy) is 2. The summed E-state index contributed by atoms with van der Waals surface area (Å²) >= 11 is 2.23. The molecule has 0 bridgehead atoms. The molecule has 0 radical (unpaired) electrons. The number of hydrogen-bond donors (Lipinski definition) is 1. The SMILES string of the molecule is OC12OCCC1(I)CCO2. The fourth-order valence-electron chi connectivity index (χ4n) is 1.44. The van der Waals surface area contributed by atoms with Gasteiger partial charge in [-0.05, 0) is 12.8 Å². The van der Waals surface area contributed by atoms with Gasteiger partial charge in [-0.2, -0.15) is 0 Å². The molecule has 0 aromatic heterocycles. The van der Waals surface area contributed by atoms with Crippen LogP contribution in [0, 0.1) is 0 Å². The quantitative estimate of drug-likeness (QED) is 0.510. The molecule has 0 aromatic rings. The summed E-state index contributed by atoms with van der Waals surface area (Å²) in [6.45, 7) is 1.22. The second-order valence-electron chi connectivity index (χ2n) is 2.74. The van der Waals surface area contributed by atoms with Crippen molar-refractivity contribution in [1.29, 1.82) is 0 Å². The van der Waals surface area contributed by atoms with E-state index < -0.39 is 5.97 Å². The van der Waals surface area contributed by atoms with Crippen molar-refractivity contribution in [2.75, 3.05) is 13.2 Å². The topological polar surface area (TPSA) is 38.7 Å². The summed E-state index contributed by atoms with van der Waals surface area (Å²) in [6.07, 6.45) is 1.79. The van der Waals surface area contributed by atoms with Crippen LogP contribution in [0.25, 0.3) is 0 Å². The third kappa shape index (κ3) is 0.760. The normalized spacial score (nSPS) is 53.4. The van der Waals surface area contributed by atoms with Gasteiger partial charge in [0.1, 0.15) is 3.42 Å². The summed E-state index contributed by atoms with van der Waals surface area (Å²) < 4.78 is 10.0. The third-order valence-electron chi connectivity index (χ3n) is 2.16. The van der Waals surface area contributed by atoms with Crippen LogP contribution < -0.4 is 0 Å². The van der Waals surface area contributed by atoms with Crippen LogP contribution in [-0.2, 0) is 9.47 Å². The van der Waals surface area contributed by atoms with Gasteiger partial charge in [0.05, 0.1) is 13.2 Å². The third-order valence-corrected chi connectivity index (χ3v) is 3.92. The predicted octanol–water partition coefficient (Wildman–Crippen LogP) is 0.647. The number of fused-ring (bicyclic) bond motifs is 1. The Kier molecular flexibility index (Phi) is 1.50. The maximum absolute atomic E-state index is 9.64. The number of rotatable bonds is 0. The van der Waals surface area contributed by atoms with E-state index in [-0.39, 0.29) is 3.42 Å². The summed E-state index contributed by atoms with van der Waals surface area (Å²) in [5, 5.41) is 9.64. The van der Waals surface area contributed by atoms with Gasteiger partial charge in [-0.1, -0.05) is 22.6 Å². The Morgan fingerprint density at radius 2 is 1.70 bits per heavy atom. The first-order valence-corrected chi connectivity index (χ1v) is 4.43. The summed E-state index contributed by atoms with van der Waals surface area (Å²) in [6, 6.07) is 0. The van der Waals surface area contributed by atoms with Crippen molar-refractivity contribution in [3.63, 3.8) is 0 Å². The highest BCUT2D eigenvalue weighted by atomic mass is 127. The van der Waals surface area contributed by atoms with E-state index in [1.807, 2.05) is 0 Å². The fraction of sp³-hybridized carbons (Fsp3) is 1.00. The van der Waals surface area contributed by atoms with Gasteiger partial charge in [0.15, 0.2) is 0 Å². The van der Waals surface area contributed by atoms with E-state index in [4.69, 9.17) is 9.47 Å². The lowest BCUT2D eigenvalue weighted by atomic mass is 10.0. The van der Waals surface area contributed by atoms with E-state index in [9.17, 15) is 5.11 Å². The van der Waals surface area contributed by atoms with Gasteiger partial charge in [-0.25, -0.2) is 0 Å². The van der Waals surface area contributed by atoms with E-state index in [0.717, 1.165) is 12.8 Å². The lowest BCUT2D eigenvalue weighted by molar-refractivity contribution is -0.322. The molecular weight excluding hydrogens is 247 g/mol. The van der Waals surface area contributed by atoms with Crippen LogP contribution in [0.5, 0.6) is 0 Å². The van der Waals surface area contributed by atoms with Crippen LogP contribution in [0.4, 0.5) is 0 Å². The largest absolute Gasteiger partial charge is 0.342 e. The Labute approximate surface area is 72.8 Å². The van der Waals surface area contributed by atoms with Gasteiger partial charge in [0.25, 0.3) is 5.97 Å². The summed E-state index contributed by atoms with van der Waals surface area (Å²) in [5.41, 5.74) is 0. The molecule has 0 saturated carbocycles. The van der Waals surface area contributed by atoms with Gasteiger partial charge < -0.3 is 14.6 Å². The summed E-state index contributed by atoms with van der Waals surface area (Å²) in [5.74, 6) is -1.27. The highest BCUT2D eigenvalue weighted by Crippen LogP contribution is 2.49. The first-order valence-electron chi connectivity index (χ1n) is 3.36. The molecule has 0 amide bonds. The van der Waals surface area contributed by atoms with Crippen LogP contribution in [0.1, 0.15) is 12.8 Å². The van der Waals surface area contributed by atoms with Crippen LogP contribution in [-0.4, -0.2) is 27.7 Å². The van der Waals surface area contributed by atoms with Crippen molar-refractivity contribution in [2.24, 2.45) is 0 Å². The van der Waals surface area contributed by atoms with Crippen LogP contribution in [0.15, 0.2) is 0 Å². The Bertz CT molecular complexity index is 133. The molecule has 2 saturated heterocycles. The molecule has 0 atom stereocenters. The molecule has 1 N–H and O–H groups in total. The molecule has 58 valence electrons. The van der Waals surface area contributed by atoms with Crippen LogP contribution in [0.2, 0.25) is 0 Å². The van der Waals surface area contributed by atoms with Gasteiger partial charge in [0, 0.05) is 0 Å². The molecule has 2 aliphatic rings. The lowest BCUT2D eigenvalue weighted by Gasteiger charge is -2.26. The highest BCUT2D eigenvalue weighted by molar-refractivity contribution is 14.1. The van der Waals surface area contributed by atoms with Gasteiger partial charge >= 0.3 is 0 Å². The minimum Gasteiger partial charge on any atom is -0.342 e. The molecule has 0 spiro atoms. The molecule has 2 heterocycles. The lowest BCUT2D eigenvalue weighted by Crippen LogP contribution is -2.42. The molecule has 10 heavy (non-hydrogen) atoms. The van der Waals surface area contributed by atoms with Crippen LogP contribution in [0.3, 0.4) is 0 Å². The van der Waals surface area contributed by atoms with Gasteiger partial charge in [-0.15, -0.1) is 0 Å². The maximum atomic E-state index is 9.64. The average molecular weight is 256 g/mol. The second kappa shape index (κ2) is 2.06. The van der Waals surface area contributed by atoms with Crippen LogP contribution >= 0.6 is 22.6 Å². The molecular formula is C6H9IO3. The molecule has 3 nitrogen and oxygen atoms in total. The monoisotopic (exact) mass is 256 g/mol. The number of alkyl halides is 1. The number of aliphatic hydroxyl groups is 1. The molecule has 4 heteroatoms. The van der Waals surface area contributed by atoms with E-state index >= 15 is 0 Å². The summed E-state index contributed by atoms with van der Waals surface area (Å²) in [7, 11) is 0. The number of hydrogen-bond acceptors (Lipinski definition) is 3. The fourth-order valence-corrected chi connectivity index (χ4v) is 2.20. The molecule has 2 aliphatic heterocycles. The average Bonchev–Trinajstić information content (AvgIpc) is 2.20. The van der Waals surface area contributed by atoms with E-state index in [1.165, 1.54) is 0 Å².